The van der Waals surface area contributed by atoms with Gasteiger partial charge in [0, 0.05) is 19.0 Å². The number of nitrogens with zero attached hydrogens (tertiary/aromatic N) is 1. The average molecular weight is 396 g/mol. The summed E-state index contributed by atoms with van der Waals surface area (Å²) in [5.41, 5.74) is 1.77. The summed E-state index contributed by atoms with van der Waals surface area (Å²) >= 11 is 0. The molecule has 0 bridgehead atoms. The van der Waals surface area contributed by atoms with Crippen LogP contribution in [0.4, 0.5) is 5.69 Å². The van der Waals surface area contributed by atoms with Gasteiger partial charge in [0.2, 0.25) is 5.91 Å². The lowest BCUT2D eigenvalue weighted by atomic mass is 9.95. The Hall–Kier alpha value is -3.02. The molecule has 2 aromatic rings. The maximum atomic E-state index is 12.7. The zero-order chi connectivity index (χ0) is 20.6. The maximum absolute atomic E-state index is 12.7. The van der Waals surface area contributed by atoms with Gasteiger partial charge in [-0.1, -0.05) is 24.3 Å². The fraction of sp³-hybridized carbons (Fsp3) is 0.391. The first-order valence-electron chi connectivity index (χ1n) is 10.1. The van der Waals surface area contributed by atoms with Gasteiger partial charge in [-0.3, -0.25) is 9.59 Å². The van der Waals surface area contributed by atoms with E-state index in [-0.39, 0.29) is 24.3 Å². The number of aryl methyl sites for hydroxylation is 1. The summed E-state index contributed by atoms with van der Waals surface area (Å²) in [6.45, 7) is 5.58. The molecule has 29 heavy (non-hydrogen) atoms. The van der Waals surface area contributed by atoms with Gasteiger partial charge in [-0.2, -0.15) is 0 Å². The minimum Gasteiger partial charge on any atom is -0.492 e. The van der Waals surface area contributed by atoms with Crippen molar-refractivity contribution < 1.29 is 19.1 Å². The molecule has 1 saturated heterocycles. The normalized spacial score (nSPS) is 14.3. The number of anilines is 1. The van der Waals surface area contributed by atoms with E-state index in [1.807, 2.05) is 62.4 Å². The van der Waals surface area contributed by atoms with Gasteiger partial charge in [-0.05, 0) is 56.5 Å². The Kier molecular flexibility index (Phi) is 7.11. The molecule has 1 fully saturated rings. The molecule has 0 radical (unpaired) electrons. The predicted molar refractivity (Wildman–Crippen MR) is 112 cm³/mol. The van der Waals surface area contributed by atoms with Crippen molar-refractivity contribution in [3.8, 4) is 11.5 Å². The number of hydrogen-bond acceptors (Lipinski definition) is 4. The minimum absolute atomic E-state index is 0.0158. The van der Waals surface area contributed by atoms with Crippen LogP contribution in [0, 0.1) is 12.8 Å². The Morgan fingerprint density at radius 2 is 1.79 bits per heavy atom. The first kappa shape index (κ1) is 20.7. The highest BCUT2D eigenvalue weighted by atomic mass is 16.5. The van der Waals surface area contributed by atoms with Crippen LogP contribution in [-0.4, -0.2) is 43.0 Å². The van der Waals surface area contributed by atoms with E-state index >= 15 is 0 Å². The second-order valence-corrected chi connectivity index (χ2v) is 7.18. The summed E-state index contributed by atoms with van der Waals surface area (Å²) in [5, 5.41) is 2.99. The Balaban J connectivity index is 1.49. The van der Waals surface area contributed by atoms with Crippen LogP contribution >= 0.6 is 0 Å². The quantitative estimate of drug-likeness (QED) is 0.776. The number of piperidine rings is 1. The lowest BCUT2D eigenvalue weighted by Crippen LogP contribution is -2.43. The first-order valence-corrected chi connectivity index (χ1v) is 10.1. The summed E-state index contributed by atoms with van der Waals surface area (Å²) in [6.07, 6.45) is 1.28. The molecule has 6 heteroatoms. The topological polar surface area (TPSA) is 67.9 Å². The lowest BCUT2D eigenvalue weighted by Gasteiger charge is -2.31. The van der Waals surface area contributed by atoms with Gasteiger partial charge in [-0.25, -0.2) is 0 Å². The third-order valence-electron chi connectivity index (χ3n) is 5.02. The number of likely N-dealkylation sites (tertiary alicyclic amines) is 1. The van der Waals surface area contributed by atoms with E-state index in [4.69, 9.17) is 9.47 Å². The number of hydrogen-bond donors (Lipinski definition) is 1. The molecular weight excluding hydrogens is 368 g/mol. The summed E-state index contributed by atoms with van der Waals surface area (Å²) in [5.74, 6) is 1.17. The molecule has 0 atom stereocenters. The highest BCUT2D eigenvalue weighted by Gasteiger charge is 2.28. The first-order chi connectivity index (χ1) is 14.1. The largest absolute Gasteiger partial charge is 0.492 e. The van der Waals surface area contributed by atoms with Crippen LogP contribution in [0.2, 0.25) is 0 Å². The molecule has 1 heterocycles. The van der Waals surface area contributed by atoms with Crippen molar-refractivity contribution in [3.63, 3.8) is 0 Å². The van der Waals surface area contributed by atoms with Gasteiger partial charge in [0.1, 0.15) is 11.5 Å². The zero-order valence-electron chi connectivity index (χ0n) is 17.0. The van der Waals surface area contributed by atoms with Crippen LogP contribution in [0.1, 0.15) is 25.3 Å². The maximum Gasteiger partial charge on any atom is 0.260 e. The van der Waals surface area contributed by atoms with Crippen molar-refractivity contribution in [1.29, 1.82) is 0 Å². The molecule has 2 aromatic carbocycles. The van der Waals surface area contributed by atoms with Gasteiger partial charge >= 0.3 is 0 Å². The number of carbonyl (C=O) groups excluding carboxylic acids is 2. The van der Waals surface area contributed by atoms with Crippen LogP contribution < -0.4 is 14.8 Å². The molecule has 6 nitrogen and oxygen atoms in total. The summed E-state index contributed by atoms with van der Waals surface area (Å²) in [6, 6.07) is 15.0. The highest BCUT2D eigenvalue weighted by Crippen LogP contribution is 2.27. The Morgan fingerprint density at radius 3 is 2.48 bits per heavy atom. The summed E-state index contributed by atoms with van der Waals surface area (Å²) in [4.78, 5) is 26.8. The van der Waals surface area contributed by atoms with E-state index in [0.717, 1.165) is 5.56 Å². The van der Waals surface area contributed by atoms with E-state index in [2.05, 4.69) is 5.32 Å². The van der Waals surface area contributed by atoms with Crippen molar-refractivity contribution in [2.75, 3.05) is 31.6 Å². The number of nitrogens with one attached hydrogen (secondary N) is 1. The lowest BCUT2D eigenvalue weighted by molar-refractivity contribution is -0.136. The zero-order valence-corrected chi connectivity index (χ0v) is 17.0. The fourth-order valence-electron chi connectivity index (χ4n) is 3.39. The number of rotatable bonds is 7. The minimum atomic E-state index is -0.120. The average Bonchev–Trinajstić information content (AvgIpc) is 2.75. The third kappa shape index (κ3) is 5.73. The van der Waals surface area contributed by atoms with Crippen molar-refractivity contribution in [1.82, 2.24) is 4.90 Å². The molecule has 0 saturated carbocycles. The Morgan fingerprint density at radius 1 is 1.07 bits per heavy atom. The Bertz CT molecular complexity index is 830. The van der Waals surface area contributed by atoms with Crippen LogP contribution in [0.5, 0.6) is 11.5 Å². The van der Waals surface area contributed by atoms with E-state index in [9.17, 15) is 9.59 Å². The summed E-state index contributed by atoms with van der Waals surface area (Å²) < 4.78 is 11.2. The Labute approximate surface area is 171 Å². The van der Waals surface area contributed by atoms with Gasteiger partial charge in [0.25, 0.3) is 5.91 Å². The van der Waals surface area contributed by atoms with Crippen molar-refractivity contribution in [2.45, 2.75) is 26.7 Å². The predicted octanol–water partition coefficient (Wildman–Crippen LogP) is 3.65. The molecule has 1 aliphatic rings. The SMILES string of the molecule is CCOc1cc(C)ccc1NC(=O)C1CCN(C(=O)COc2ccccc2)CC1. The van der Waals surface area contributed by atoms with Gasteiger partial charge in [0.05, 0.1) is 12.3 Å². The second kappa shape index (κ2) is 9.96. The molecule has 0 unspecified atom stereocenters. The van der Waals surface area contributed by atoms with Crippen molar-refractivity contribution in [2.24, 2.45) is 5.92 Å². The molecule has 2 amide bonds. The van der Waals surface area contributed by atoms with Crippen molar-refractivity contribution in [3.05, 3.63) is 54.1 Å². The molecule has 1 aliphatic heterocycles. The molecular formula is C23H28N2O4. The molecule has 0 spiro atoms. The molecule has 3 rings (SSSR count). The smallest absolute Gasteiger partial charge is 0.260 e. The third-order valence-corrected chi connectivity index (χ3v) is 5.02. The standard InChI is InChI=1S/C23H28N2O4/c1-3-28-21-15-17(2)9-10-20(21)24-23(27)18-11-13-25(14-12-18)22(26)16-29-19-7-5-4-6-8-19/h4-10,15,18H,3,11-14,16H2,1-2H3,(H,24,27). The van der Waals surface area contributed by atoms with Crippen LogP contribution in [-0.2, 0) is 9.59 Å². The van der Waals surface area contributed by atoms with Gasteiger partial charge in [0.15, 0.2) is 6.61 Å². The van der Waals surface area contributed by atoms with E-state index < -0.39 is 0 Å². The van der Waals surface area contributed by atoms with Crippen molar-refractivity contribution >= 4 is 17.5 Å². The monoisotopic (exact) mass is 396 g/mol. The summed E-state index contributed by atoms with van der Waals surface area (Å²) in [7, 11) is 0. The number of benzene rings is 2. The molecule has 0 aliphatic carbocycles. The fourth-order valence-corrected chi connectivity index (χ4v) is 3.39. The van der Waals surface area contributed by atoms with Gasteiger partial charge < -0.3 is 19.7 Å². The number of amides is 2. The van der Waals surface area contributed by atoms with E-state index in [1.54, 1.807) is 4.90 Å². The highest BCUT2D eigenvalue weighted by molar-refractivity contribution is 5.94. The molecule has 1 N–H and O–H groups in total. The van der Waals surface area contributed by atoms with Crippen LogP contribution in [0.15, 0.2) is 48.5 Å². The second-order valence-electron chi connectivity index (χ2n) is 7.18. The van der Waals surface area contributed by atoms with E-state index in [1.165, 1.54) is 0 Å². The van der Waals surface area contributed by atoms with Crippen LogP contribution in [0.25, 0.3) is 0 Å². The van der Waals surface area contributed by atoms with E-state index in [0.29, 0.717) is 49.7 Å². The molecule has 0 aromatic heterocycles. The number of para-hydroxylation sites is 1. The van der Waals surface area contributed by atoms with Crippen LogP contribution in [0.3, 0.4) is 0 Å². The number of carbonyl (C=O) groups is 2. The molecule has 154 valence electrons. The van der Waals surface area contributed by atoms with Gasteiger partial charge in [-0.15, -0.1) is 0 Å². The number of ether oxygens (including phenoxy) is 2.